The molecule has 0 radical (unpaired) electrons. The van der Waals surface area contributed by atoms with Gasteiger partial charge in [-0.15, -0.1) is 0 Å². The van der Waals surface area contributed by atoms with Crippen LogP contribution in [0.25, 0.3) is 10.9 Å². The number of carbonyl (C=O) groups excluding carboxylic acids is 1. The van der Waals surface area contributed by atoms with E-state index in [9.17, 15) is 10.1 Å². The summed E-state index contributed by atoms with van der Waals surface area (Å²) < 4.78 is 7.31. The zero-order chi connectivity index (χ0) is 19.3. The summed E-state index contributed by atoms with van der Waals surface area (Å²) in [6.07, 6.45) is 0. The summed E-state index contributed by atoms with van der Waals surface area (Å²) in [5.74, 6) is -0.547. The van der Waals surface area contributed by atoms with Crippen LogP contribution in [0.4, 0.5) is 0 Å². The maximum atomic E-state index is 12.5. The van der Waals surface area contributed by atoms with Crippen LogP contribution >= 0.6 is 23.2 Å². The van der Waals surface area contributed by atoms with Gasteiger partial charge >= 0.3 is 0 Å². The molecule has 1 aliphatic rings. The number of hydrogen-bond acceptors (Lipinski definition) is 4. The quantitative estimate of drug-likeness (QED) is 0.637. The Labute approximate surface area is 165 Å². The highest BCUT2D eigenvalue weighted by Crippen LogP contribution is 2.50. The van der Waals surface area contributed by atoms with Crippen LogP contribution in [-0.2, 0) is 0 Å². The van der Waals surface area contributed by atoms with Gasteiger partial charge in [0.05, 0.1) is 17.1 Å². The van der Waals surface area contributed by atoms with Crippen LogP contribution < -0.4 is 10.5 Å². The fourth-order valence-corrected chi connectivity index (χ4v) is 4.18. The number of nitrogens with zero attached hydrogens (tertiary/aromatic N) is 2. The van der Waals surface area contributed by atoms with Gasteiger partial charge in [0.2, 0.25) is 11.8 Å². The molecule has 2 aromatic carbocycles. The van der Waals surface area contributed by atoms with Crippen molar-refractivity contribution in [1.82, 2.24) is 4.57 Å². The van der Waals surface area contributed by atoms with E-state index >= 15 is 0 Å². The van der Waals surface area contributed by atoms with Crippen molar-refractivity contribution in [3.8, 4) is 11.8 Å². The topological polar surface area (TPSA) is 81.0 Å². The first-order valence-electron chi connectivity index (χ1n) is 8.11. The summed E-state index contributed by atoms with van der Waals surface area (Å²) >= 11 is 12.9. The summed E-state index contributed by atoms with van der Waals surface area (Å²) in [6.45, 7) is 1.45. The largest absolute Gasteiger partial charge is 0.438 e. The number of halogens is 2. The molecule has 5 nitrogen and oxygen atoms in total. The Bertz CT molecular complexity index is 1170. The maximum Gasteiger partial charge on any atom is 0.228 e. The van der Waals surface area contributed by atoms with Crippen molar-refractivity contribution >= 4 is 40.0 Å². The molecule has 1 atom stereocenters. The fraction of sp³-hybridized carbons (Fsp3) is 0.100. The second-order valence-corrected chi connectivity index (χ2v) is 6.96. The maximum absolute atomic E-state index is 12.5. The molecular formula is C20H13Cl2N3O2. The number of rotatable bonds is 1. The van der Waals surface area contributed by atoms with E-state index in [1.165, 1.54) is 11.5 Å². The van der Waals surface area contributed by atoms with Gasteiger partial charge in [0.25, 0.3) is 0 Å². The molecule has 0 bridgehead atoms. The molecule has 2 heterocycles. The van der Waals surface area contributed by atoms with Gasteiger partial charge in [0.15, 0.2) is 5.75 Å². The van der Waals surface area contributed by atoms with Crippen LogP contribution in [-0.4, -0.2) is 10.5 Å². The van der Waals surface area contributed by atoms with E-state index in [0.717, 1.165) is 5.39 Å². The van der Waals surface area contributed by atoms with Crippen LogP contribution in [0.3, 0.4) is 0 Å². The number of hydrogen-bond donors (Lipinski definition) is 1. The minimum atomic E-state index is -0.726. The lowest BCUT2D eigenvalue weighted by Gasteiger charge is -2.27. The third kappa shape index (κ3) is 2.49. The number of ether oxygens (including phenoxy) is 1. The number of benzene rings is 2. The predicted molar refractivity (Wildman–Crippen MR) is 104 cm³/mol. The van der Waals surface area contributed by atoms with E-state index in [-0.39, 0.29) is 17.4 Å². The number of allylic oxidation sites excluding steroid dienone is 1. The number of nitrogens with two attached hydrogens (primary N) is 1. The average molecular weight is 398 g/mol. The molecular weight excluding hydrogens is 385 g/mol. The molecule has 0 unspecified atom stereocenters. The lowest BCUT2D eigenvalue weighted by atomic mass is 9.86. The van der Waals surface area contributed by atoms with E-state index in [1.54, 1.807) is 18.2 Å². The molecule has 134 valence electrons. The zero-order valence-corrected chi connectivity index (χ0v) is 15.7. The van der Waals surface area contributed by atoms with Crippen LogP contribution in [0.1, 0.15) is 28.9 Å². The molecule has 0 amide bonds. The van der Waals surface area contributed by atoms with Crippen LogP contribution in [0.2, 0.25) is 10.0 Å². The summed E-state index contributed by atoms with van der Waals surface area (Å²) in [5.41, 5.74) is 7.88. The third-order valence-corrected chi connectivity index (χ3v) is 5.29. The van der Waals surface area contributed by atoms with Crippen molar-refractivity contribution in [2.24, 2.45) is 5.73 Å². The third-order valence-electron chi connectivity index (χ3n) is 4.63. The molecule has 0 fully saturated rings. The molecule has 2 N–H and O–H groups in total. The smallest absolute Gasteiger partial charge is 0.228 e. The van der Waals surface area contributed by atoms with Crippen LogP contribution in [0.5, 0.6) is 5.75 Å². The monoisotopic (exact) mass is 397 g/mol. The van der Waals surface area contributed by atoms with Gasteiger partial charge < -0.3 is 10.5 Å². The van der Waals surface area contributed by atoms with Gasteiger partial charge in [0.1, 0.15) is 11.6 Å². The van der Waals surface area contributed by atoms with Crippen molar-refractivity contribution in [2.45, 2.75) is 12.8 Å². The molecule has 7 heteroatoms. The molecule has 0 saturated carbocycles. The first-order valence-corrected chi connectivity index (χ1v) is 8.87. The van der Waals surface area contributed by atoms with E-state index < -0.39 is 5.92 Å². The van der Waals surface area contributed by atoms with Gasteiger partial charge in [-0.25, -0.2) is 0 Å². The standard InChI is InChI=1S/C20H13Cl2N3O2/c1-10(26)25-15-8-3-2-5-11(15)19-18(25)16(12(9-23)20(24)27-19)17-13(21)6-4-7-14(17)22/h2-8,16H,24H2,1H3/t16-/m1/s1. The Morgan fingerprint density at radius 1 is 1.19 bits per heavy atom. The fourth-order valence-electron chi connectivity index (χ4n) is 3.57. The summed E-state index contributed by atoms with van der Waals surface area (Å²) in [6, 6.07) is 14.5. The van der Waals surface area contributed by atoms with Crippen LogP contribution in [0, 0.1) is 11.3 Å². The highest BCUT2D eigenvalue weighted by Gasteiger charge is 2.38. The molecule has 0 saturated heterocycles. The zero-order valence-electron chi connectivity index (χ0n) is 14.2. The number of aromatic nitrogens is 1. The highest BCUT2D eigenvalue weighted by molar-refractivity contribution is 6.36. The van der Waals surface area contributed by atoms with Gasteiger partial charge in [-0.2, -0.15) is 5.26 Å². The average Bonchev–Trinajstić information content (AvgIpc) is 2.96. The minimum absolute atomic E-state index is 0.0301. The Kier molecular flexibility index (Phi) is 4.11. The Morgan fingerprint density at radius 3 is 2.48 bits per heavy atom. The van der Waals surface area contributed by atoms with Gasteiger partial charge in [-0.3, -0.25) is 9.36 Å². The Morgan fingerprint density at radius 2 is 1.85 bits per heavy atom. The number of carbonyl (C=O) groups is 1. The van der Waals surface area contributed by atoms with Gasteiger partial charge in [-0.1, -0.05) is 41.4 Å². The number of fused-ring (bicyclic) bond motifs is 3. The molecule has 4 rings (SSSR count). The molecule has 3 aromatic rings. The predicted octanol–water partition coefficient (Wildman–Crippen LogP) is 4.83. The van der Waals surface area contributed by atoms with Gasteiger partial charge in [-0.05, 0) is 24.3 Å². The summed E-state index contributed by atoms with van der Waals surface area (Å²) in [4.78, 5) is 12.5. The van der Waals surface area contributed by atoms with Crippen molar-refractivity contribution in [3.63, 3.8) is 0 Å². The first-order chi connectivity index (χ1) is 13.0. The second-order valence-electron chi connectivity index (χ2n) is 6.15. The minimum Gasteiger partial charge on any atom is -0.438 e. The normalized spacial score (nSPS) is 16.0. The van der Waals surface area contributed by atoms with Crippen molar-refractivity contribution < 1.29 is 9.53 Å². The Hall–Kier alpha value is -2.94. The number of nitriles is 1. The van der Waals surface area contributed by atoms with Gasteiger partial charge in [0, 0.05) is 27.9 Å². The van der Waals surface area contributed by atoms with E-state index in [2.05, 4.69) is 6.07 Å². The second kappa shape index (κ2) is 6.34. The number of para-hydroxylation sites is 1. The first kappa shape index (κ1) is 17.5. The Balaban J connectivity index is 2.18. The molecule has 0 aliphatic carbocycles. The van der Waals surface area contributed by atoms with E-state index in [4.69, 9.17) is 33.7 Å². The molecule has 1 aliphatic heterocycles. The SMILES string of the molecule is CC(=O)n1c2c(c3ccccc31)OC(N)=C(C#N)[C@@H]2c1c(Cl)cccc1Cl. The lowest BCUT2D eigenvalue weighted by molar-refractivity contribution is 0.0937. The highest BCUT2D eigenvalue weighted by atomic mass is 35.5. The molecule has 0 spiro atoms. The summed E-state index contributed by atoms with van der Waals surface area (Å²) in [7, 11) is 0. The summed E-state index contributed by atoms with van der Waals surface area (Å²) in [5, 5.41) is 11.2. The van der Waals surface area contributed by atoms with Crippen LogP contribution in [0.15, 0.2) is 53.9 Å². The van der Waals surface area contributed by atoms with Crippen molar-refractivity contribution in [3.05, 3.63) is 75.2 Å². The molecule has 1 aromatic heterocycles. The van der Waals surface area contributed by atoms with E-state index in [1.807, 2.05) is 24.3 Å². The van der Waals surface area contributed by atoms with Crippen molar-refractivity contribution in [2.75, 3.05) is 0 Å². The van der Waals surface area contributed by atoms with E-state index in [0.29, 0.717) is 32.6 Å². The van der Waals surface area contributed by atoms with Crippen molar-refractivity contribution in [1.29, 1.82) is 5.26 Å². The molecule has 27 heavy (non-hydrogen) atoms. The lowest BCUT2D eigenvalue weighted by Crippen LogP contribution is -2.24.